The van der Waals surface area contributed by atoms with Gasteiger partial charge >= 0.3 is 0 Å². The van der Waals surface area contributed by atoms with Crippen LogP contribution in [-0.4, -0.2) is 40.0 Å². The van der Waals surface area contributed by atoms with Crippen LogP contribution in [0.4, 0.5) is 11.4 Å². The van der Waals surface area contributed by atoms with Crippen LogP contribution in [0.1, 0.15) is 26.3 Å². The van der Waals surface area contributed by atoms with E-state index in [2.05, 4.69) is 5.32 Å². The summed E-state index contributed by atoms with van der Waals surface area (Å²) in [7, 11) is 0. The van der Waals surface area contributed by atoms with Gasteiger partial charge in [0.05, 0.1) is 22.6 Å². The Morgan fingerprint density at radius 2 is 1.81 bits per heavy atom. The van der Waals surface area contributed by atoms with Gasteiger partial charge in [0, 0.05) is 17.8 Å². The van der Waals surface area contributed by atoms with E-state index >= 15 is 0 Å². The molecule has 0 aliphatic carbocycles. The van der Waals surface area contributed by atoms with E-state index in [9.17, 15) is 19.7 Å². The number of hydrogen-bond donors (Lipinski definition) is 1. The number of thiocarbonyl (C=S) groups is 1. The number of amides is 2. The lowest BCUT2D eigenvalue weighted by Gasteiger charge is -2.15. The van der Waals surface area contributed by atoms with Gasteiger partial charge in [-0.2, -0.15) is 0 Å². The molecule has 2 amide bonds. The molecule has 3 rings (SSSR count). The molecule has 1 heterocycles. The number of nitrogens with zero attached hydrogens (tertiary/aromatic N) is 2. The lowest BCUT2D eigenvalue weighted by molar-refractivity contribution is -0.384. The fraction of sp³-hybridized carbons (Fsp3) is 0.167. The molecular formula is C18H15N3O5S. The summed E-state index contributed by atoms with van der Waals surface area (Å²) in [6.07, 6.45) is 0. The highest BCUT2D eigenvalue weighted by Gasteiger charge is 2.35. The summed E-state index contributed by atoms with van der Waals surface area (Å²) in [5, 5.41) is 13.4. The van der Waals surface area contributed by atoms with Crippen molar-refractivity contribution in [3.63, 3.8) is 0 Å². The first-order valence-electron chi connectivity index (χ1n) is 8.02. The Balaban J connectivity index is 1.52. The summed E-state index contributed by atoms with van der Waals surface area (Å²) >= 11 is 5.05. The Morgan fingerprint density at radius 3 is 2.48 bits per heavy atom. The minimum atomic E-state index is -0.498. The Bertz CT molecular complexity index is 943. The first kappa shape index (κ1) is 18.5. The van der Waals surface area contributed by atoms with E-state index in [1.165, 1.54) is 24.3 Å². The number of carbonyl (C=O) groups excluding carboxylic acids is 2. The third-order valence-corrected chi connectivity index (χ3v) is 4.22. The van der Waals surface area contributed by atoms with Gasteiger partial charge in [0.15, 0.2) is 0 Å². The number of nitro benzene ring substituents is 1. The maximum atomic E-state index is 12.4. The molecule has 27 heavy (non-hydrogen) atoms. The first-order valence-corrected chi connectivity index (χ1v) is 8.43. The molecule has 0 saturated heterocycles. The van der Waals surface area contributed by atoms with Crippen LogP contribution in [-0.2, 0) is 4.74 Å². The topological polar surface area (TPSA) is 102 Å². The number of hydrogen-bond acceptors (Lipinski definition) is 6. The molecule has 1 N–H and O–H groups in total. The van der Waals surface area contributed by atoms with Gasteiger partial charge < -0.3 is 10.1 Å². The minimum Gasteiger partial charge on any atom is -0.469 e. The smallest absolute Gasteiger partial charge is 0.269 e. The van der Waals surface area contributed by atoms with Crippen molar-refractivity contribution < 1.29 is 19.2 Å². The molecule has 0 saturated carbocycles. The van der Waals surface area contributed by atoms with Crippen LogP contribution in [0.2, 0.25) is 0 Å². The maximum absolute atomic E-state index is 12.4. The number of aryl methyl sites for hydroxylation is 1. The Hall–Kier alpha value is -3.33. The van der Waals surface area contributed by atoms with Crippen LogP contribution in [0.5, 0.6) is 0 Å². The van der Waals surface area contributed by atoms with E-state index in [1.807, 2.05) is 6.92 Å². The molecule has 1 aliphatic rings. The number of rotatable bonds is 5. The van der Waals surface area contributed by atoms with Crippen LogP contribution < -0.4 is 5.32 Å². The molecule has 2 aromatic carbocycles. The number of imide groups is 1. The highest BCUT2D eigenvalue weighted by Crippen LogP contribution is 2.23. The molecule has 0 atom stereocenters. The fourth-order valence-electron chi connectivity index (χ4n) is 2.66. The number of non-ortho nitro benzene ring substituents is 1. The third kappa shape index (κ3) is 3.93. The van der Waals surface area contributed by atoms with Crippen molar-refractivity contribution in [2.75, 3.05) is 18.5 Å². The first-order chi connectivity index (χ1) is 12.9. The van der Waals surface area contributed by atoms with Gasteiger partial charge in [0.1, 0.15) is 6.61 Å². The number of carbonyl (C=O) groups is 2. The summed E-state index contributed by atoms with van der Waals surface area (Å²) < 4.78 is 5.35. The van der Waals surface area contributed by atoms with Crippen molar-refractivity contribution >= 4 is 40.6 Å². The predicted molar refractivity (Wildman–Crippen MR) is 102 cm³/mol. The summed E-state index contributed by atoms with van der Waals surface area (Å²) in [4.78, 5) is 35.9. The molecule has 1 aliphatic heterocycles. The molecule has 0 spiro atoms. The van der Waals surface area contributed by atoms with E-state index in [4.69, 9.17) is 17.0 Å². The van der Waals surface area contributed by atoms with E-state index in [-0.39, 0.29) is 35.8 Å². The Kier molecular flexibility index (Phi) is 5.13. The molecule has 138 valence electrons. The zero-order valence-electron chi connectivity index (χ0n) is 14.3. The normalized spacial score (nSPS) is 12.7. The lowest BCUT2D eigenvalue weighted by Crippen LogP contribution is -2.33. The van der Waals surface area contributed by atoms with E-state index in [0.717, 1.165) is 10.5 Å². The number of benzene rings is 2. The SMILES string of the molecule is Cc1ccc2c(c1)C(=O)N(CCOC(=S)Nc1ccc([N+](=O)[O-])cc1)C2=O. The van der Waals surface area contributed by atoms with Gasteiger partial charge in [-0.1, -0.05) is 11.6 Å². The molecule has 0 aromatic heterocycles. The highest BCUT2D eigenvalue weighted by atomic mass is 32.1. The van der Waals surface area contributed by atoms with Crippen LogP contribution in [0.15, 0.2) is 42.5 Å². The largest absolute Gasteiger partial charge is 0.469 e. The van der Waals surface area contributed by atoms with Crippen molar-refractivity contribution in [3.05, 3.63) is 69.3 Å². The Morgan fingerprint density at radius 1 is 1.15 bits per heavy atom. The van der Waals surface area contributed by atoms with E-state index < -0.39 is 4.92 Å². The molecule has 0 unspecified atom stereocenters. The van der Waals surface area contributed by atoms with Crippen molar-refractivity contribution in [1.29, 1.82) is 0 Å². The minimum absolute atomic E-state index is 0.0310. The summed E-state index contributed by atoms with van der Waals surface area (Å²) in [6.45, 7) is 1.95. The van der Waals surface area contributed by atoms with Gasteiger partial charge in [0.2, 0.25) is 0 Å². The average molecular weight is 385 g/mol. The number of nitro groups is 1. The van der Waals surface area contributed by atoms with Crippen LogP contribution in [0.25, 0.3) is 0 Å². The summed E-state index contributed by atoms with van der Waals surface area (Å²) in [5.41, 5.74) is 2.18. The van der Waals surface area contributed by atoms with Gasteiger partial charge in [-0.05, 0) is 43.4 Å². The molecule has 0 radical (unpaired) electrons. The number of ether oxygens (including phenoxy) is 1. The lowest BCUT2D eigenvalue weighted by atomic mass is 10.1. The number of anilines is 1. The molecular weight excluding hydrogens is 370 g/mol. The quantitative estimate of drug-likeness (QED) is 0.365. The zero-order valence-corrected chi connectivity index (χ0v) is 15.1. The monoisotopic (exact) mass is 385 g/mol. The van der Waals surface area contributed by atoms with Crippen LogP contribution in [0.3, 0.4) is 0 Å². The molecule has 2 aromatic rings. The van der Waals surface area contributed by atoms with Crippen LogP contribution in [0, 0.1) is 17.0 Å². The molecule has 0 bridgehead atoms. The molecule has 8 nitrogen and oxygen atoms in total. The zero-order chi connectivity index (χ0) is 19.6. The van der Waals surface area contributed by atoms with Crippen molar-refractivity contribution in [1.82, 2.24) is 4.90 Å². The fourth-order valence-corrected chi connectivity index (χ4v) is 2.86. The third-order valence-electron chi connectivity index (χ3n) is 4.00. The van der Waals surface area contributed by atoms with Gasteiger partial charge in [-0.3, -0.25) is 24.6 Å². The summed E-state index contributed by atoms with van der Waals surface area (Å²) in [6, 6.07) is 10.8. The molecule has 0 fully saturated rings. The van der Waals surface area contributed by atoms with Crippen LogP contribution >= 0.6 is 12.2 Å². The highest BCUT2D eigenvalue weighted by molar-refractivity contribution is 7.80. The average Bonchev–Trinajstić information content (AvgIpc) is 2.86. The predicted octanol–water partition coefficient (Wildman–Crippen LogP) is 2.91. The molecule has 9 heteroatoms. The second kappa shape index (κ2) is 7.50. The summed E-state index contributed by atoms with van der Waals surface area (Å²) in [5.74, 6) is -0.704. The van der Waals surface area contributed by atoms with Crippen molar-refractivity contribution in [3.8, 4) is 0 Å². The van der Waals surface area contributed by atoms with Gasteiger partial charge in [-0.15, -0.1) is 0 Å². The van der Waals surface area contributed by atoms with Gasteiger partial charge in [0.25, 0.3) is 22.7 Å². The number of nitrogens with one attached hydrogen (secondary N) is 1. The van der Waals surface area contributed by atoms with Crippen molar-refractivity contribution in [2.45, 2.75) is 6.92 Å². The maximum Gasteiger partial charge on any atom is 0.269 e. The second-order valence-corrected chi connectivity index (χ2v) is 6.25. The second-order valence-electron chi connectivity index (χ2n) is 5.88. The standard InChI is InChI=1S/C18H15N3O5S/c1-11-2-7-14-15(10-11)17(23)20(16(14)22)8-9-26-18(27)19-12-3-5-13(6-4-12)21(24)25/h2-7,10H,8-9H2,1H3,(H,19,27). The van der Waals surface area contributed by atoms with E-state index in [1.54, 1.807) is 18.2 Å². The van der Waals surface area contributed by atoms with Gasteiger partial charge in [-0.25, -0.2) is 0 Å². The number of fused-ring (bicyclic) bond motifs is 1. The Labute approximate surface area is 159 Å². The van der Waals surface area contributed by atoms with E-state index in [0.29, 0.717) is 16.8 Å². The van der Waals surface area contributed by atoms with Crippen molar-refractivity contribution in [2.24, 2.45) is 0 Å².